The van der Waals surface area contributed by atoms with Gasteiger partial charge in [-0.2, -0.15) is 0 Å². The Kier molecular flexibility index (Phi) is 2.76. The first-order valence-corrected chi connectivity index (χ1v) is 5.13. The van der Waals surface area contributed by atoms with Crippen LogP contribution in [0.4, 0.5) is 0 Å². The summed E-state index contributed by atoms with van der Waals surface area (Å²) < 4.78 is 5.00. The van der Waals surface area contributed by atoms with Crippen LogP contribution in [-0.2, 0) is 16.0 Å². The number of esters is 1. The van der Waals surface area contributed by atoms with Crippen LogP contribution in [0.1, 0.15) is 30.5 Å². The fourth-order valence-electron chi connectivity index (χ4n) is 1.96. The molecule has 0 amide bonds. The van der Waals surface area contributed by atoms with Crippen LogP contribution in [0, 0.1) is 0 Å². The maximum Gasteiger partial charge on any atom is 0.315 e. The van der Waals surface area contributed by atoms with E-state index in [9.17, 15) is 4.79 Å². The highest BCUT2D eigenvalue weighted by Gasteiger charge is 2.30. The van der Waals surface area contributed by atoms with Gasteiger partial charge >= 0.3 is 5.97 Å². The van der Waals surface area contributed by atoms with Crippen molar-refractivity contribution in [3.8, 4) is 0 Å². The van der Waals surface area contributed by atoms with Gasteiger partial charge in [0.1, 0.15) is 7.85 Å². The molecule has 1 heterocycles. The van der Waals surface area contributed by atoms with Crippen LogP contribution in [0.2, 0.25) is 0 Å². The molecule has 1 aromatic rings. The first kappa shape index (κ1) is 10.2. The Morgan fingerprint density at radius 2 is 2.53 bits per heavy atom. The molecular formula is C11H12BNO2. The molecule has 2 radical (unpaired) electrons. The van der Waals surface area contributed by atoms with Gasteiger partial charge in [-0.15, -0.1) is 0 Å². The molecule has 76 valence electrons. The van der Waals surface area contributed by atoms with Crippen molar-refractivity contribution in [3.63, 3.8) is 0 Å². The Labute approximate surface area is 90.3 Å². The number of fused-ring (bicyclic) bond motifs is 1. The van der Waals surface area contributed by atoms with Crippen LogP contribution < -0.4 is 5.46 Å². The Balaban J connectivity index is 2.25. The van der Waals surface area contributed by atoms with E-state index in [2.05, 4.69) is 4.98 Å². The molecule has 1 aliphatic carbocycles. The average Bonchev–Trinajstić information content (AvgIpc) is 2.60. The third-order valence-electron chi connectivity index (χ3n) is 2.63. The lowest BCUT2D eigenvalue weighted by Gasteiger charge is -2.09. The number of rotatable bonds is 2. The van der Waals surface area contributed by atoms with Crippen molar-refractivity contribution in [2.75, 3.05) is 6.61 Å². The van der Waals surface area contributed by atoms with E-state index in [1.807, 2.05) is 13.0 Å². The van der Waals surface area contributed by atoms with Crippen LogP contribution in [0.3, 0.4) is 0 Å². The van der Waals surface area contributed by atoms with Gasteiger partial charge in [-0.25, -0.2) is 0 Å². The van der Waals surface area contributed by atoms with Gasteiger partial charge in [-0.3, -0.25) is 9.78 Å². The molecule has 0 saturated carbocycles. The van der Waals surface area contributed by atoms with Crippen molar-refractivity contribution in [1.82, 2.24) is 4.98 Å². The van der Waals surface area contributed by atoms with Gasteiger partial charge in [-0.1, -0.05) is 11.5 Å². The molecule has 0 aromatic carbocycles. The quantitative estimate of drug-likeness (QED) is 0.515. The summed E-state index contributed by atoms with van der Waals surface area (Å²) in [6.07, 6.45) is 3.23. The van der Waals surface area contributed by atoms with Crippen molar-refractivity contribution >= 4 is 19.3 Å². The zero-order valence-electron chi connectivity index (χ0n) is 8.69. The largest absolute Gasteiger partial charge is 0.465 e. The Bertz CT molecular complexity index is 392. The zero-order chi connectivity index (χ0) is 10.8. The number of hydrogen-bond donors (Lipinski definition) is 0. The number of carbonyl (C=O) groups is 1. The summed E-state index contributed by atoms with van der Waals surface area (Å²) in [6, 6.07) is 1.89. The summed E-state index contributed by atoms with van der Waals surface area (Å²) in [5.41, 5.74) is 2.56. The Morgan fingerprint density at radius 3 is 3.27 bits per heavy atom. The molecule has 0 bridgehead atoms. The molecule has 0 saturated heterocycles. The average molecular weight is 201 g/mol. The summed E-state index contributed by atoms with van der Waals surface area (Å²) >= 11 is 0. The van der Waals surface area contributed by atoms with Gasteiger partial charge in [0, 0.05) is 6.20 Å². The molecule has 0 aliphatic heterocycles. The second-order valence-corrected chi connectivity index (χ2v) is 3.66. The van der Waals surface area contributed by atoms with Gasteiger partial charge in [-0.05, 0) is 25.3 Å². The molecule has 1 atom stereocenters. The monoisotopic (exact) mass is 201 g/mol. The summed E-state index contributed by atoms with van der Waals surface area (Å²) in [6.45, 7) is 2.23. The third-order valence-corrected chi connectivity index (χ3v) is 2.63. The highest BCUT2D eigenvalue weighted by Crippen LogP contribution is 2.31. The SMILES string of the molecule is [B]c1cnc2c(c1)CCC2C(=O)OCC. The van der Waals surface area contributed by atoms with Crippen LogP contribution in [-0.4, -0.2) is 25.4 Å². The van der Waals surface area contributed by atoms with E-state index in [1.54, 1.807) is 6.20 Å². The topological polar surface area (TPSA) is 39.2 Å². The van der Waals surface area contributed by atoms with E-state index < -0.39 is 0 Å². The van der Waals surface area contributed by atoms with Gasteiger partial charge in [0.2, 0.25) is 0 Å². The van der Waals surface area contributed by atoms with Crippen molar-refractivity contribution in [1.29, 1.82) is 0 Å². The smallest absolute Gasteiger partial charge is 0.315 e. The van der Waals surface area contributed by atoms with Gasteiger partial charge in [0.05, 0.1) is 18.2 Å². The summed E-state index contributed by atoms with van der Waals surface area (Å²) in [5, 5.41) is 0. The number of nitrogens with zero attached hydrogens (tertiary/aromatic N) is 1. The van der Waals surface area contributed by atoms with Crippen LogP contribution in [0.5, 0.6) is 0 Å². The molecule has 0 spiro atoms. The lowest BCUT2D eigenvalue weighted by molar-refractivity contribution is -0.145. The lowest BCUT2D eigenvalue weighted by Crippen LogP contribution is -2.15. The zero-order valence-corrected chi connectivity index (χ0v) is 8.69. The molecule has 4 heteroatoms. The molecule has 0 N–H and O–H groups in total. The van der Waals surface area contributed by atoms with E-state index >= 15 is 0 Å². The van der Waals surface area contributed by atoms with E-state index in [1.165, 1.54) is 0 Å². The molecule has 0 fully saturated rings. The third kappa shape index (κ3) is 1.89. The van der Waals surface area contributed by atoms with Gasteiger partial charge in [0.15, 0.2) is 0 Å². The molecule has 15 heavy (non-hydrogen) atoms. The second kappa shape index (κ2) is 4.05. The minimum atomic E-state index is -0.194. The maximum absolute atomic E-state index is 11.6. The fraction of sp³-hybridized carbons (Fsp3) is 0.455. The molecule has 1 aliphatic rings. The maximum atomic E-state index is 11.6. The van der Waals surface area contributed by atoms with Gasteiger partial charge in [0.25, 0.3) is 0 Å². The normalized spacial score (nSPS) is 18.6. The van der Waals surface area contributed by atoms with E-state index in [0.717, 1.165) is 24.1 Å². The minimum Gasteiger partial charge on any atom is -0.465 e. The predicted molar refractivity (Wildman–Crippen MR) is 57.3 cm³/mol. The Morgan fingerprint density at radius 1 is 1.73 bits per heavy atom. The Hall–Kier alpha value is -1.32. The molecule has 2 rings (SSSR count). The van der Waals surface area contributed by atoms with Crippen LogP contribution in [0.25, 0.3) is 0 Å². The molecular weight excluding hydrogens is 189 g/mol. The molecule has 1 aromatic heterocycles. The molecule has 3 nitrogen and oxygen atoms in total. The number of aromatic nitrogens is 1. The standard InChI is InChI=1S/C11H12BNO2/c1-2-15-11(14)9-4-3-7-5-8(12)6-13-10(7)9/h5-6,9H,2-4H2,1H3. The summed E-state index contributed by atoms with van der Waals surface area (Å²) in [7, 11) is 5.63. The first-order valence-electron chi connectivity index (χ1n) is 5.13. The first-order chi connectivity index (χ1) is 7.22. The van der Waals surface area contributed by atoms with Crippen LogP contribution >= 0.6 is 0 Å². The number of aryl methyl sites for hydroxylation is 1. The second-order valence-electron chi connectivity index (χ2n) is 3.66. The number of pyridine rings is 1. The number of ether oxygens (including phenoxy) is 1. The predicted octanol–water partition coefficient (Wildman–Crippen LogP) is 0.468. The van der Waals surface area contributed by atoms with E-state index in [-0.39, 0.29) is 11.9 Å². The highest BCUT2D eigenvalue weighted by atomic mass is 16.5. The van der Waals surface area contributed by atoms with Crippen molar-refractivity contribution < 1.29 is 9.53 Å². The fourth-order valence-corrected chi connectivity index (χ4v) is 1.96. The highest BCUT2D eigenvalue weighted by molar-refractivity contribution is 6.32. The van der Waals surface area contributed by atoms with Crippen molar-refractivity contribution in [3.05, 3.63) is 23.5 Å². The van der Waals surface area contributed by atoms with Crippen molar-refractivity contribution in [2.45, 2.75) is 25.7 Å². The van der Waals surface area contributed by atoms with Crippen molar-refractivity contribution in [2.24, 2.45) is 0 Å². The van der Waals surface area contributed by atoms with E-state index in [0.29, 0.717) is 12.1 Å². The minimum absolute atomic E-state index is 0.173. The number of hydrogen-bond acceptors (Lipinski definition) is 3. The van der Waals surface area contributed by atoms with Gasteiger partial charge < -0.3 is 4.74 Å². The lowest BCUT2D eigenvalue weighted by atomic mass is 9.96. The molecule has 1 unspecified atom stereocenters. The number of carbonyl (C=O) groups excluding carboxylic acids is 1. The van der Waals surface area contributed by atoms with Crippen LogP contribution in [0.15, 0.2) is 12.3 Å². The summed E-state index contributed by atoms with van der Waals surface area (Å²) in [5.74, 6) is -0.367. The van der Waals surface area contributed by atoms with E-state index in [4.69, 9.17) is 12.6 Å². The summed E-state index contributed by atoms with van der Waals surface area (Å²) in [4.78, 5) is 15.8.